The van der Waals surface area contributed by atoms with Crippen LogP contribution >= 0.6 is 11.9 Å². The van der Waals surface area contributed by atoms with Gasteiger partial charge in [-0.3, -0.25) is 5.84 Å². The van der Waals surface area contributed by atoms with E-state index in [-0.39, 0.29) is 6.61 Å². The molecule has 9 heteroatoms. The Hall–Kier alpha value is -2.72. The van der Waals surface area contributed by atoms with Crippen LogP contribution in [-0.2, 0) is 16.0 Å². The van der Waals surface area contributed by atoms with Gasteiger partial charge in [0.2, 0.25) is 0 Å². The van der Waals surface area contributed by atoms with Crippen LogP contribution in [0.1, 0.15) is 19.4 Å². The van der Waals surface area contributed by atoms with Gasteiger partial charge in [-0.25, -0.2) is 9.52 Å². The fourth-order valence-corrected chi connectivity index (χ4v) is 3.45. The first-order valence-corrected chi connectivity index (χ1v) is 10.6. The van der Waals surface area contributed by atoms with Gasteiger partial charge >= 0.3 is 6.09 Å². The van der Waals surface area contributed by atoms with E-state index in [1.165, 1.54) is 18.1 Å². The number of ether oxygens (including phenoxy) is 2. The van der Waals surface area contributed by atoms with Crippen LogP contribution in [0.5, 0.6) is 0 Å². The van der Waals surface area contributed by atoms with E-state index in [1.54, 1.807) is 7.11 Å². The molecule has 0 aromatic heterocycles. The number of rotatable bonds is 11. The van der Waals surface area contributed by atoms with Gasteiger partial charge in [0, 0.05) is 24.7 Å². The van der Waals surface area contributed by atoms with Crippen LogP contribution in [0, 0.1) is 0 Å². The summed E-state index contributed by atoms with van der Waals surface area (Å²) in [6.07, 6.45) is 0.995. The van der Waals surface area contributed by atoms with Gasteiger partial charge in [-0.1, -0.05) is 30.3 Å². The highest BCUT2D eigenvalue weighted by Gasteiger charge is 2.22. The molecule has 2 aromatic carbocycles. The number of benzene rings is 2. The SMILES string of the molecule is COCCOC(=O)NCc1cccc(-c2ccc(SNC(C)(C)/C(=C/N)NN)cc2)c1. The molecule has 0 saturated heterocycles. The van der Waals surface area contributed by atoms with Gasteiger partial charge < -0.3 is 25.9 Å². The van der Waals surface area contributed by atoms with E-state index in [9.17, 15) is 4.79 Å². The highest BCUT2D eigenvalue weighted by Crippen LogP contribution is 2.26. The lowest BCUT2D eigenvalue weighted by Crippen LogP contribution is -2.44. The average Bonchev–Trinajstić information content (AvgIpc) is 2.78. The van der Waals surface area contributed by atoms with Crippen molar-refractivity contribution in [3.05, 3.63) is 66.0 Å². The highest BCUT2D eigenvalue weighted by atomic mass is 32.2. The Morgan fingerprint density at radius 3 is 2.52 bits per heavy atom. The summed E-state index contributed by atoms with van der Waals surface area (Å²) in [5, 5.41) is 2.74. The first-order chi connectivity index (χ1) is 14.9. The maximum Gasteiger partial charge on any atom is 0.407 e. The van der Waals surface area contributed by atoms with Gasteiger partial charge in [0.1, 0.15) is 6.61 Å². The van der Waals surface area contributed by atoms with Crippen molar-refractivity contribution in [3.63, 3.8) is 0 Å². The largest absolute Gasteiger partial charge is 0.447 e. The summed E-state index contributed by atoms with van der Waals surface area (Å²) in [7, 11) is 1.56. The molecule has 8 nitrogen and oxygen atoms in total. The molecule has 0 saturated carbocycles. The van der Waals surface area contributed by atoms with Crippen molar-refractivity contribution in [1.29, 1.82) is 0 Å². The molecular weight excluding hydrogens is 414 g/mol. The zero-order chi connectivity index (χ0) is 22.7. The number of nitrogens with two attached hydrogens (primary N) is 2. The number of amides is 1. The monoisotopic (exact) mass is 445 g/mol. The molecule has 0 unspecified atom stereocenters. The van der Waals surface area contributed by atoms with Crippen molar-refractivity contribution in [2.75, 3.05) is 20.3 Å². The third-order valence-electron chi connectivity index (χ3n) is 4.49. The van der Waals surface area contributed by atoms with E-state index in [0.29, 0.717) is 18.8 Å². The molecule has 168 valence electrons. The number of methoxy groups -OCH3 is 1. The fourth-order valence-electron chi connectivity index (χ4n) is 2.70. The summed E-state index contributed by atoms with van der Waals surface area (Å²) >= 11 is 1.50. The topological polar surface area (TPSA) is 124 Å². The second kappa shape index (κ2) is 12.2. The predicted octanol–water partition coefficient (Wildman–Crippen LogP) is 2.86. The predicted molar refractivity (Wildman–Crippen MR) is 125 cm³/mol. The van der Waals surface area contributed by atoms with Crippen molar-refractivity contribution < 1.29 is 14.3 Å². The molecule has 0 aliphatic heterocycles. The molecule has 2 rings (SSSR count). The number of nitrogens with one attached hydrogen (secondary N) is 3. The van der Waals surface area contributed by atoms with Gasteiger partial charge in [0.25, 0.3) is 0 Å². The Labute approximate surface area is 187 Å². The maximum atomic E-state index is 11.7. The van der Waals surface area contributed by atoms with Crippen molar-refractivity contribution in [1.82, 2.24) is 15.5 Å². The van der Waals surface area contributed by atoms with E-state index < -0.39 is 11.6 Å². The van der Waals surface area contributed by atoms with E-state index in [2.05, 4.69) is 27.6 Å². The number of hydrogen-bond acceptors (Lipinski definition) is 8. The Balaban J connectivity index is 1.95. The number of hydrogen-bond donors (Lipinski definition) is 5. The minimum Gasteiger partial charge on any atom is -0.447 e. The summed E-state index contributed by atoms with van der Waals surface area (Å²) in [4.78, 5) is 12.7. The van der Waals surface area contributed by atoms with Gasteiger partial charge in [0.15, 0.2) is 0 Å². The molecule has 0 aliphatic rings. The summed E-state index contributed by atoms with van der Waals surface area (Å²) in [6, 6.07) is 16.2. The Morgan fingerprint density at radius 2 is 1.87 bits per heavy atom. The zero-order valence-corrected chi connectivity index (χ0v) is 18.9. The van der Waals surface area contributed by atoms with Crippen LogP contribution in [0.2, 0.25) is 0 Å². The molecule has 0 spiro atoms. The Bertz CT molecular complexity index is 872. The summed E-state index contributed by atoms with van der Waals surface area (Å²) in [5.41, 5.74) is 11.6. The normalized spacial score (nSPS) is 11.8. The standard InChI is InChI=1S/C22H31N5O3S/c1-22(2,20(14-23)26-24)27-31-19-9-7-17(8-10-19)18-6-4-5-16(13-18)15-25-21(28)30-12-11-29-3/h4-10,13-14,26-27H,11-12,15,23-24H2,1-3H3,(H,25,28)/b20-14-. The van der Waals surface area contributed by atoms with Gasteiger partial charge in [-0.15, -0.1) is 0 Å². The van der Waals surface area contributed by atoms with Crippen molar-refractivity contribution >= 4 is 18.0 Å². The number of carbonyl (C=O) groups excluding carboxylic acids is 1. The minimum atomic E-state index is -0.461. The quantitative estimate of drug-likeness (QED) is 0.155. The van der Waals surface area contributed by atoms with Crippen LogP contribution < -0.4 is 27.0 Å². The number of carbonyl (C=O) groups is 1. The lowest BCUT2D eigenvalue weighted by molar-refractivity contribution is 0.0983. The molecular formula is C22H31N5O3S. The second-order valence-corrected chi connectivity index (χ2v) is 8.14. The van der Waals surface area contributed by atoms with Crippen molar-refractivity contribution in [3.8, 4) is 11.1 Å². The van der Waals surface area contributed by atoms with Gasteiger partial charge in [-0.05, 0) is 60.7 Å². The van der Waals surface area contributed by atoms with Crippen molar-refractivity contribution in [2.24, 2.45) is 11.6 Å². The average molecular weight is 446 g/mol. The van der Waals surface area contributed by atoms with Crippen molar-refractivity contribution in [2.45, 2.75) is 30.8 Å². The lowest BCUT2D eigenvalue weighted by Gasteiger charge is -2.28. The first-order valence-electron chi connectivity index (χ1n) is 9.81. The highest BCUT2D eigenvalue weighted by molar-refractivity contribution is 7.97. The minimum absolute atomic E-state index is 0.228. The van der Waals surface area contributed by atoms with E-state index in [1.807, 2.05) is 50.2 Å². The summed E-state index contributed by atoms with van der Waals surface area (Å²) in [6.45, 7) is 4.96. The van der Waals surface area contributed by atoms with Gasteiger partial charge in [-0.2, -0.15) is 0 Å². The number of alkyl carbamates (subject to hydrolysis) is 1. The molecule has 7 N–H and O–H groups in total. The summed E-state index contributed by atoms with van der Waals surface area (Å²) < 4.78 is 13.2. The molecule has 0 radical (unpaired) electrons. The molecule has 2 aromatic rings. The zero-order valence-electron chi connectivity index (χ0n) is 18.1. The Kier molecular flexibility index (Phi) is 9.67. The first kappa shape index (κ1) is 24.5. The van der Waals surface area contributed by atoms with Crippen LogP contribution in [0.3, 0.4) is 0 Å². The van der Waals surface area contributed by atoms with Gasteiger partial charge in [0.05, 0.1) is 17.8 Å². The smallest absolute Gasteiger partial charge is 0.407 e. The van der Waals surface area contributed by atoms with Crippen LogP contribution in [0.15, 0.2) is 65.3 Å². The third kappa shape index (κ3) is 7.80. The molecule has 0 aliphatic carbocycles. The van der Waals surface area contributed by atoms with E-state index in [0.717, 1.165) is 21.6 Å². The van der Waals surface area contributed by atoms with Crippen LogP contribution in [0.25, 0.3) is 11.1 Å². The third-order valence-corrected chi connectivity index (χ3v) is 5.61. The molecule has 31 heavy (non-hydrogen) atoms. The molecule has 0 heterocycles. The molecule has 0 fully saturated rings. The summed E-state index contributed by atoms with van der Waals surface area (Å²) in [5.74, 6) is 5.52. The maximum absolute atomic E-state index is 11.7. The Morgan fingerprint density at radius 1 is 1.13 bits per heavy atom. The van der Waals surface area contributed by atoms with E-state index >= 15 is 0 Å². The van der Waals surface area contributed by atoms with Crippen LogP contribution in [0.4, 0.5) is 4.79 Å². The number of hydrazine groups is 1. The lowest BCUT2D eigenvalue weighted by atomic mass is 10.0. The van der Waals surface area contributed by atoms with Crippen LogP contribution in [-0.4, -0.2) is 32.0 Å². The second-order valence-electron chi connectivity index (χ2n) is 7.26. The molecule has 1 amide bonds. The fraction of sp³-hybridized carbons (Fsp3) is 0.318. The van der Waals surface area contributed by atoms with E-state index in [4.69, 9.17) is 21.1 Å². The molecule has 0 atom stereocenters. The molecule has 0 bridgehead atoms.